The molecule has 1 atom stereocenters. The zero-order valence-corrected chi connectivity index (χ0v) is 6.89. The number of allylic oxidation sites excluding steroid dienone is 2. The van der Waals surface area contributed by atoms with Crippen molar-refractivity contribution >= 4 is 11.6 Å². The Bertz CT molecular complexity index is 226. The maximum absolute atomic E-state index is 11.0. The van der Waals surface area contributed by atoms with Crippen molar-refractivity contribution < 1.29 is 9.59 Å². The second-order valence-corrected chi connectivity index (χ2v) is 3.17. The van der Waals surface area contributed by atoms with Crippen molar-refractivity contribution in [2.24, 2.45) is 5.92 Å². The number of rotatable bonds is 1. The number of hydrogen-bond donors (Lipinski definition) is 0. The van der Waals surface area contributed by atoms with Crippen molar-refractivity contribution in [2.45, 2.75) is 26.7 Å². The van der Waals surface area contributed by atoms with Crippen LogP contribution in [-0.4, -0.2) is 11.6 Å². The maximum Gasteiger partial charge on any atom is 0.156 e. The summed E-state index contributed by atoms with van der Waals surface area (Å²) < 4.78 is 0. The second kappa shape index (κ2) is 2.99. The second-order valence-electron chi connectivity index (χ2n) is 3.17. The largest absolute Gasteiger partial charge is 0.300 e. The molecule has 0 spiro atoms. The van der Waals surface area contributed by atoms with E-state index in [9.17, 15) is 9.59 Å². The lowest BCUT2D eigenvalue weighted by Gasteiger charge is -2.16. The molecule has 0 saturated heterocycles. The van der Waals surface area contributed by atoms with Crippen LogP contribution in [0.1, 0.15) is 26.7 Å². The van der Waals surface area contributed by atoms with Gasteiger partial charge in [0.2, 0.25) is 0 Å². The molecule has 0 radical (unpaired) electrons. The first-order valence-corrected chi connectivity index (χ1v) is 3.80. The zero-order valence-electron chi connectivity index (χ0n) is 6.89. The first kappa shape index (κ1) is 8.18. The molecule has 0 aromatic rings. The van der Waals surface area contributed by atoms with Crippen LogP contribution in [0.5, 0.6) is 0 Å². The lowest BCUT2D eigenvalue weighted by atomic mass is 9.86. The van der Waals surface area contributed by atoms with E-state index < -0.39 is 0 Å². The van der Waals surface area contributed by atoms with Gasteiger partial charge >= 0.3 is 0 Å². The Morgan fingerprint density at radius 1 is 1.55 bits per heavy atom. The van der Waals surface area contributed by atoms with Crippen LogP contribution in [0.15, 0.2) is 11.6 Å². The van der Waals surface area contributed by atoms with Gasteiger partial charge in [-0.2, -0.15) is 0 Å². The average Bonchev–Trinajstić information content (AvgIpc) is 1.85. The summed E-state index contributed by atoms with van der Waals surface area (Å²) in [6.45, 7) is 3.45. The molecular formula is C9H12O2. The molecule has 2 nitrogen and oxygen atoms in total. The first-order valence-electron chi connectivity index (χ1n) is 3.80. The standard InChI is InChI=1S/C9H12O2/c1-6-3-8(7(2)10)5-9(11)4-6/h4,8H,3,5H2,1-2H3. The fourth-order valence-corrected chi connectivity index (χ4v) is 1.38. The van der Waals surface area contributed by atoms with Gasteiger partial charge in [-0.3, -0.25) is 9.59 Å². The fourth-order valence-electron chi connectivity index (χ4n) is 1.38. The lowest BCUT2D eigenvalue weighted by molar-refractivity contribution is -0.125. The number of hydrogen-bond acceptors (Lipinski definition) is 2. The lowest BCUT2D eigenvalue weighted by Crippen LogP contribution is -2.19. The molecule has 1 unspecified atom stereocenters. The number of carbonyl (C=O) groups excluding carboxylic acids is 2. The predicted octanol–water partition coefficient (Wildman–Crippen LogP) is 1.50. The Labute approximate surface area is 66.3 Å². The molecule has 0 bridgehead atoms. The summed E-state index contributed by atoms with van der Waals surface area (Å²) in [5, 5.41) is 0. The summed E-state index contributed by atoms with van der Waals surface area (Å²) in [5.41, 5.74) is 1.03. The van der Waals surface area contributed by atoms with Gasteiger partial charge in [0.1, 0.15) is 5.78 Å². The monoisotopic (exact) mass is 152 g/mol. The summed E-state index contributed by atoms with van der Waals surface area (Å²) in [7, 11) is 0. The fraction of sp³-hybridized carbons (Fsp3) is 0.556. The SMILES string of the molecule is CC(=O)C1CC(=O)C=C(C)C1. The minimum Gasteiger partial charge on any atom is -0.300 e. The summed E-state index contributed by atoms with van der Waals surface area (Å²) in [4.78, 5) is 21.9. The van der Waals surface area contributed by atoms with Gasteiger partial charge < -0.3 is 0 Å². The summed E-state index contributed by atoms with van der Waals surface area (Å²) in [6, 6.07) is 0. The van der Waals surface area contributed by atoms with E-state index in [-0.39, 0.29) is 17.5 Å². The molecule has 0 fully saturated rings. The van der Waals surface area contributed by atoms with E-state index in [2.05, 4.69) is 0 Å². The van der Waals surface area contributed by atoms with Crippen LogP contribution in [0.3, 0.4) is 0 Å². The van der Waals surface area contributed by atoms with Crippen molar-refractivity contribution in [3.63, 3.8) is 0 Å². The molecule has 0 N–H and O–H groups in total. The minimum atomic E-state index is -0.0486. The van der Waals surface area contributed by atoms with Crippen LogP contribution in [0.2, 0.25) is 0 Å². The molecule has 11 heavy (non-hydrogen) atoms. The van der Waals surface area contributed by atoms with Gasteiger partial charge in [0, 0.05) is 12.3 Å². The van der Waals surface area contributed by atoms with Gasteiger partial charge in [-0.15, -0.1) is 0 Å². The van der Waals surface area contributed by atoms with Crippen LogP contribution < -0.4 is 0 Å². The molecule has 0 aliphatic heterocycles. The number of ketones is 2. The molecule has 0 aromatic carbocycles. The third-order valence-corrected chi connectivity index (χ3v) is 2.00. The van der Waals surface area contributed by atoms with E-state index in [0.29, 0.717) is 6.42 Å². The molecule has 0 heterocycles. The molecule has 1 rings (SSSR count). The topological polar surface area (TPSA) is 34.1 Å². The van der Waals surface area contributed by atoms with Gasteiger partial charge in [0.25, 0.3) is 0 Å². The highest BCUT2D eigenvalue weighted by atomic mass is 16.1. The molecule has 0 aromatic heterocycles. The average molecular weight is 152 g/mol. The Hall–Kier alpha value is -0.920. The molecule has 60 valence electrons. The minimum absolute atomic E-state index is 0.0486. The van der Waals surface area contributed by atoms with E-state index in [4.69, 9.17) is 0 Å². The van der Waals surface area contributed by atoms with Crippen LogP contribution >= 0.6 is 0 Å². The number of Topliss-reactive ketones (excluding diaryl/α,β-unsaturated/α-hetero) is 1. The highest BCUT2D eigenvalue weighted by Crippen LogP contribution is 2.21. The predicted molar refractivity (Wildman–Crippen MR) is 42.2 cm³/mol. The van der Waals surface area contributed by atoms with E-state index in [1.165, 1.54) is 0 Å². The molecule has 0 amide bonds. The van der Waals surface area contributed by atoms with Crippen LogP contribution in [0, 0.1) is 5.92 Å². The smallest absolute Gasteiger partial charge is 0.156 e. The summed E-state index contributed by atoms with van der Waals surface area (Å²) in [6.07, 6.45) is 2.81. The van der Waals surface area contributed by atoms with Crippen molar-refractivity contribution in [1.82, 2.24) is 0 Å². The van der Waals surface area contributed by atoms with Gasteiger partial charge in [-0.05, 0) is 26.3 Å². The Kier molecular flexibility index (Phi) is 2.22. The quantitative estimate of drug-likeness (QED) is 0.570. The molecule has 1 aliphatic rings. The normalized spacial score (nSPS) is 24.7. The zero-order chi connectivity index (χ0) is 8.43. The van der Waals surface area contributed by atoms with Gasteiger partial charge in [-0.1, -0.05) is 5.57 Å². The third-order valence-electron chi connectivity index (χ3n) is 2.00. The highest BCUT2D eigenvalue weighted by Gasteiger charge is 2.21. The van der Waals surface area contributed by atoms with Crippen LogP contribution in [-0.2, 0) is 9.59 Å². The van der Waals surface area contributed by atoms with Crippen molar-refractivity contribution in [2.75, 3.05) is 0 Å². The van der Waals surface area contributed by atoms with Crippen molar-refractivity contribution in [3.05, 3.63) is 11.6 Å². The molecular weight excluding hydrogens is 140 g/mol. The summed E-state index contributed by atoms with van der Waals surface area (Å²) in [5.74, 6) is 0.173. The maximum atomic E-state index is 11.0. The first-order chi connectivity index (χ1) is 5.09. The van der Waals surface area contributed by atoms with Gasteiger partial charge in [-0.25, -0.2) is 0 Å². The van der Waals surface area contributed by atoms with E-state index in [0.717, 1.165) is 12.0 Å². The van der Waals surface area contributed by atoms with Crippen molar-refractivity contribution in [3.8, 4) is 0 Å². The van der Waals surface area contributed by atoms with Crippen LogP contribution in [0.4, 0.5) is 0 Å². The Balaban J connectivity index is 2.72. The van der Waals surface area contributed by atoms with E-state index in [1.54, 1.807) is 13.0 Å². The van der Waals surface area contributed by atoms with Gasteiger partial charge in [0.15, 0.2) is 5.78 Å². The van der Waals surface area contributed by atoms with E-state index in [1.807, 2.05) is 6.92 Å². The van der Waals surface area contributed by atoms with Gasteiger partial charge in [0.05, 0.1) is 0 Å². The summed E-state index contributed by atoms with van der Waals surface area (Å²) >= 11 is 0. The molecule has 2 heteroatoms. The van der Waals surface area contributed by atoms with E-state index >= 15 is 0 Å². The number of carbonyl (C=O) groups is 2. The highest BCUT2D eigenvalue weighted by molar-refractivity contribution is 5.95. The van der Waals surface area contributed by atoms with Crippen LogP contribution in [0.25, 0.3) is 0 Å². The third kappa shape index (κ3) is 2.00. The molecule has 1 aliphatic carbocycles. The Morgan fingerprint density at radius 3 is 2.64 bits per heavy atom. The molecule has 0 saturated carbocycles. The van der Waals surface area contributed by atoms with Crippen molar-refractivity contribution in [1.29, 1.82) is 0 Å². The Morgan fingerprint density at radius 2 is 2.18 bits per heavy atom.